The number of hydrogen-bond acceptors (Lipinski definition) is 4. The molecule has 0 saturated carbocycles. The van der Waals surface area contributed by atoms with E-state index in [0.717, 1.165) is 12.2 Å². The van der Waals surface area contributed by atoms with Crippen LogP contribution >= 0.6 is 0 Å². The van der Waals surface area contributed by atoms with Crippen LogP contribution in [0.15, 0.2) is 22.8 Å². The third-order valence-electron chi connectivity index (χ3n) is 3.09. The molecule has 0 spiro atoms. The third-order valence-corrected chi connectivity index (χ3v) is 3.09. The number of carbonyl (C=O) groups excluding carboxylic acids is 2. The van der Waals surface area contributed by atoms with Crippen LogP contribution in [0.2, 0.25) is 0 Å². The maximum absolute atomic E-state index is 12.3. The molecule has 2 rings (SSSR count). The van der Waals surface area contributed by atoms with Gasteiger partial charge in [0.2, 0.25) is 5.91 Å². The molecule has 6 heteroatoms. The number of rotatable bonds is 3. The quantitative estimate of drug-likeness (QED) is 0.859. The summed E-state index contributed by atoms with van der Waals surface area (Å²) < 4.78 is 10.5. The summed E-state index contributed by atoms with van der Waals surface area (Å²) in [5.74, 6) is 0.682. The van der Waals surface area contributed by atoms with Gasteiger partial charge in [-0.15, -0.1) is 0 Å². The lowest BCUT2D eigenvalue weighted by Gasteiger charge is -2.30. The van der Waals surface area contributed by atoms with Gasteiger partial charge in [0.05, 0.1) is 6.26 Å². The SMILES string of the molecule is CC(C)(C)OC(=O)N1CCCN1C(=O)CCc1ccco1. The molecule has 0 unspecified atom stereocenters. The van der Waals surface area contributed by atoms with Crippen molar-refractivity contribution in [3.63, 3.8) is 0 Å². The fraction of sp³-hybridized carbons (Fsp3) is 0.600. The van der Waals surface area contributed by atoms with Crippen LogP contribution < -0.4 is 0 Å². The minimum Gasteiger partial charge on any atom is -0.469 e. The minimum absolute atomic E-state index is 0.0882. The number of aryl methyl sites for hydroxylation is 1. The molecule has 1 saturated heterocycles. The van der Waals surface area contributed by atoms with Gasteiger partial charge in [0.25, 0.3) is 0 Å². The Kier molecular flexibility index (Phi) is 4.55. The molecule has 1 aliphatic heterocycles. The number of nitrogens with zero attached hydrogens (tertiary/aromatic N) is 2. The van der Waals surface area contributed by atoms with Crippen LogP contribution in [0.3, 0.4) is 0 Å². The van der Waals surface area contributed by atoms with Crippen LogP contribution in [-0.2, 0) is 16.0 Å². The zero-order chi connectivity index (χ0) is 15.5. The van der Waals surface area contributed by atoms with Crippen LogP contribution in [0, 0.1) is 0 Å². The summed E-state index contributed by atoms with van der Waals surface area (Å²) in [7, 11) is 0. The van der Waals surface area contributed by atoms with Crippen LogP contribution in [0.25, 0.3) is 0 Å². The molecular weight excluding hydrogens is 272 g/mol. The lowest BCUT2D eigenvalue weighted by molar-refractivity contribution is -0.142. The maximum Gasteiger partial charge on any atom is 0.429 e. The van der Waals surface area contributed by atoms with E-state index >= 15 is 0 Å². The summed E-state index contributed by atoms with van der Waals surface area (Å²) in [6, 6.07) is 3.63. The van der Waals surface area contributed by atoms with Crippen LogP contribution in [-0.4, -0.2) is 40.7 Å². The Morgan fingerprint density at radius 2 is 2.00 bits per heavy atom. The normalized spacial score (nSPS) is 15.4. The van der Waals surface area contributed by atoms with Crippen molar-refractivity contribution in [2.24, 2.45) is 0 Å². The zero-order valence-corrected chi connectivity index (χ0v) is 12.8. The molecule has 0 radical (unpaired) electrons. The highest BCUT2D eigenvalue weighted by molar-refractivity contribution is 5.80. The van der Waals surface area contributed by atoms with Crippen molar-refractivity contribution < 1.29 is 18.7 Å². The van der Waals surface area contributed by atoms with Crippen molar-refractivity contribution in [1.82, 2.24) is 10.0 Å². The molecule has 21 heavy (non-hydrogen) atoms. The van der Waals surface area contributed by atoms with Gasteiger partial charge >= 0.3 is 6.09 Å². The molecule has 2 heterocycles. The molecule has 0 bridgehead atoms. The van der Waals surface area contributed by atoms with Crippen LogP contribution in [0.4, 0.5) is 4.79 Å². The Hall–Kier alpha value is -1.98. The van der Waals surface area contributed by atoms with E-state index in [1.54, 1.807) is 12.3 Å². The fourth-order valence-electron chi connectivity index (χ4n) is 2.19. The predicted octanol–water partition coefficient (Wildman–Crippen LogP) is 2.60. The molecule has 1 fully saturated rings. The first-order valence-corrected chi connectivity index (χ1v) is 7.20. The van der Waals surface area contributed by atoms with Crippen molar-refractivity contribution >= 4 is 12.0 Å². The highest BCUT2D eigenvalue weighted by atomic mass is 16.6. The summed E-state index contributed by atoms with van der Waals surface area (Å²) in [6.45, 7) is 6.50. The molecule has 2 amide bonds. The minimum atomic E-state index is -0.567. The summed E-state index contributed by atoms with van der Waals surface area (Å²) in [5, 5.41) is 2.88. The third kappa shape index (κ3) is 4.24. The number of ether oxygens (including phenoxy) is 1. The van der Waals surface area contributed by atoms with E-state index in [-0.39, 0.29) is 5.91 Å². The van der Waals surface area contributed by atoms with Crippen LogP contribution in [0.1, 0.15) is 39.4 Å². The highest BCUT2D eigenvalue weighted by Gasteiger charge is 2.33. The first kappa shape index (κ1) is 15.4. The lowest BCUT2D eigenvalue weighted by Crippen LogP contribution is -2.46. The van der Waals surface area contributed by atoms with E-state index in [0.29, 0.717) is 25.9 Å². The molecule has 1 aromatic heterocycles. The van der Waals surface area contributed by atoms with Crippen LogP contribution in [0.5, 0.6) is 0 Å². The second-order valence-electron chi connectivity index (χ2n) is 6.05. The Morgan fingerprint density at radius 1 is 1.29 bits per heavy atom. The molecule has 0 aliphatic carbocycles. The molecule has 1 aromatic rings. The first-order chi connectivity index (χ1) is 9.87. The molecule has 0 N–H and O–H groups in total. The molecule has 0 atom stereocenters. The smallest absolute Gasteiger partial charge is 0.429 e. The van der Waals surface area contributed by atoms with Crippen molar-refractivity contribution in [2.45, 2.75) is 45.6 Å². The van der Waals surface area contributed by atoms with Gasteiger partial charge in [-0.1, -0.05) is 0 Å². The van der Waals surface area contributed by atoms with E-state index in [1.807, 2.05) is 26.8 Å². The summed E-state index contributed by atoms with van der Waals surface area (Å²) in [4.78, 5) is 24.4. The van der Waals surface area contributed by atoms with Crippen molar-refractivity contribution in [2.75, 3.05) is 13.1 Å². The van der Waals surface area contributed by atoms with Gasteiger partial charge in [-0.2, -0.15) is 0 Å². The second-order valence-corrected chi connectivity index (χ2v) is 6.05. The number of hydrazine groups is 1. The number of furan rings is 1. The predicted molar refractivity (Wildman–Crippen MR) is 76.3 cm³/mol. The van der Waals surface area contributed by atoms with Gasteiger partial charge in [-0.3, -0.25) is 4.79 Å². The average Bonchev–Trinajstić information content (AvgIpc) is 3.05. The Morgan fingerprint density at radius 3 is 2.62 bits per heavy atom. The molecule has 0 aromatic carbocycles. The second kappa shape index (κ2) is 6.20. The van der Waals surface area contributed by atoms with E-state index in [1.165, 1.54) is 10.0 Å². The highest BCUT2D eigenvalue weighted by Crippen LogP contribution is 2.18. The van der Waals surface area contributed by atoms with Crippen molar-refractivity contribution in [3.05, 3.63) is 24.2 Å². The Bertz CT molecular complexity index is 490. The number of carbonyl (C=O) groups is 2. The molecular formula is C15H22N2O4. The molecule has 1 aliphatic rings. The van der Waals surface area contributed by atoms with E-state index < -0.39 is 11.7 Å². The van der Waals surface area contributed by atoms with Gasteiger partial charge < -0.3 is 9.15 Å². The van der Waals surface area contributed by atoms with E-state index in [9.17, 15) is 9.59 Å². The summed E-state index contributed by atoms with van der Waals surface area (Å²) >= 11 is 0. The van der Waals surface area contributed by atoms with Gasteiger partial charge in [-0.25, -0.2) is 14.8 Å². The lowest BCUT2D eigenvalue weighted by atomic mass is 10.2. The largest absolute Gasteiger partial charge is 0.469 e. The summed E-state index contributed by atoms with van der Waals surface area (Å²) in [5.41, 5.74) is -0.567. The zero-order valence-electron chi connectivity index (χ0n) is 12.8. The summed E-state index contributed by atoms with van der Waals surface area (Å²) in [6.07, 6.45) is 2.73. The monoisotopic (exact) mass is 294 g/mol. The molecule has 6 nitrogen and oxygen atoms in total. The Labute approximate surface area is 124 Å². The Balaban J connectivity index is 1.91. The standard InChI is InChI=1S/C15H22N2O4/c1-15(2,3)21-14(19)17-10-5-9-16(17)13(18)8-7-12-6-4-11-20-12/h4,6,11H,5,7-10H2,1-3H3. The van der Waals surface area contributed by atoms with Crippen molar-refractivity contribution in [1.29, 1.82) is 0 Å². The van der Waals surface area contributed by atoms with Gasteiger partial charge in [0, 0.05) is 25.9 Å². The molecule has 116 valence electrons. The van der Waals surface area contributed by atoms with Gasteiger partial charge in [0.1, 0.15) is 11.4 Å². The fourth-order valence-corrected chi connectivity index (χ4v) is 2.19. The number of amides is 2. The van der Waals surface area contributed by atoms with E-state index in [2.05, 4.69) is 0 Å². The maximum atomic E-state index is 12.3. The average molecular weight is 294 g/mol. The first-order valence-electron chi connectivity index (χ1n) is 7.20. The van der Waals surface area contributed by atoms with Crippen molar-refractivity contribution in [3.8, 4) is 0 Å². The number of hydrogen-bond donors (Lipinski definition) is 0. The topological polar surface area (TPSA) is 63.0 Å². The van der Waals surface area contributed by atoms with Gasteiger partial charge in [-0.05, 0) is 39.3 Å². The van der Waals surface area contributed by atoms with E-state index in [4.69, 9.17) is 9.15 Å². The van der Waals surface area contributed by atoms with Gasteiger partial charge in [0.15, 0.2) is 0 Å².